The van der Waals surface area contributed by atoms with E-state index in [0.29, 0.717) is 18.3 Å². The Labute approximate surface area is 90.9 Å². The summed E-state index contributed by atoms with van der Waals surface area (Å²) in [4.78, 5) is 0. The number of rotatable bonds is 1. The Bertz CT molecular complexity index is 330. The number of hydrogen-bond donors (Lipinski definition) is 0. The molecule has 4 bridgehead atoms. The first-order chi connectivity index (χ1) is 7.28. The summed E-state index contributed by atoms with van der Waals surface area (Å²) in [5.74, 6) is 2.84. The van der Waals surface area contributed by atoms with Gasteiger partial charge in [-0.3, -0.25) is 0 Å². The molecule has 0 N–H and O–H groups in total. The molecular weight excluding hydrogens is 184 g/mol. The molecule has 0 radical (unpaired) electrons. The number of nitriles is 2. The van der Waals surface area contributed by atoms with Crippen molar-refractivity contribution in [2.24, 2.45) is 29.1 Å². The molecule has 4 aliphatic rings. The number of hydrogen-bond acceptors (Lipinski definition) is 2. The van der Waals surface area contributed by atoms with Crippen molar-refractivity contribution in [2.45, 2.75) is 38.5 Å². The molecule has 0 spiro atoms. The van der Waals surface area contributed by atoms with Crippen molar-refractivity contribution < 1.29 is 0 Å². The predicted octanol–water partition coefficient (Wildman–Crippen LogP) is 2.87. The first-order valence-corrected chi connectivity index (χ1v) is 6.06. The quantitative estimate of drug-likeness (QED) is 0.653. The maximum Gasteiger partial charge on any atom is 0.0760 e. The van der Waals surface area contributed by atoms with Gasteiger partial charge < -0.3 is 0 Å². The molecule has 0 amide bonds. The predicted molar refractivity (Wildman–Crippen MR) is 55.3 cm³/mol. The van der Waals surface area contributed by atoms with Gasteiger partial charge in [-0.2, -0.15) is 10.5 Å². The zero-order chi connectivity index (χ0) is 10.5. The highest BCUT2D eigenvalue weighted by molar-refractivity contribution is 5.17. The van der Waals surface area contributed by atoms with E-state index in [9.17, 15) is 5.26 Å². The van der Waals surface area contributed by atoms with Gasteiger partial charge in [0.15, 0.2) is 0 Å². The van der Waals surface area contributed by atoms with Crippen LogP contribution in [-0.4, -0.2) is 0 Å². The lowest BCUT2D eigenvalue weighted by Gasteiger charge is -2.57. The zero-order valence-corrected chi connectivity index (χ0v) is 8.95. The normalized spacial score (nSPS) is 51.1. The van der Waals surface area contributed by atoms with Crippen LogP contribution >= 0.6 is 0 Å². The van der Waals surface area contributed by atoms with E-state index in [2.05, 4.69) is 12.1 Å². The Morgan fingerprint density at radius 1 is 0.933 bits per heavy atom. The molecule has 0 heterocycles. The van der Waals surface area contributed by atoms with Crippen LogP contribution in [0.15, 0.2) is 0 Å². The van der Waals surface area contributed by atoms with Crippen molar-refractivity contribution in [3.8, 4) is 12.1 Å². The van der Waals surface area contributed by atoms with Gasteiger partial charge >= 0.3 is 0 Å². The van der Waals surface area contributed by atoms with Crippen LogP contribution in [0, 0.1) is 51.7 Å². The first kappa shape index (κ1) is 9.22. The van der Waals surface area contributed by atoms with Crippen LogP contribution in [0.3, 0.4) is 0 Å². The molecule has 0 aromatic rings. The molecule has 4 fully saturated rings. The van der Waals surface area contributed by atoms with Gasteiger partial charge in [-0.15, -0.1) is 0 Å². The fourth-order valence-electron chi connectivity index (χ4n) is 4.67. The molecule has 0 aromatic heterocycles. The van der Waals surface area contributed by atoms with Crippen molar-refractivity contribution in [3.63, 3.8) is 0 Å². The third kappa shape index (κ3) is 1.08. The largest absolute Gasteiger partial charge is 0.198 e. The van der Waals surface area contributed by atoms with Crippen molar-refractivity contribution >= 4 is 0 Å². The second-order valence-electron chi connectivity index (χ2n) is 5.79. The fraction of sp³-hybridized carbons (Fsp3) is 0.846. The average Bonchev–Trinajstić information content (AvgIpc) is 2.23. The van der Waals surface area contributed by atoms with Gasteiger partial charge in [-0.25, -0.2) is 0 Å². The molecule has 78 valence electrons. The SMILES string of the molecule is N#CCC1(C#N)C2CC3CC(C2)CC1C3. The van der Waals surface area contributed by atoms with Crippen LogP contribution in [0.1, 0.15) is 38.5 Å². The highest BCUT2D eigenvalue weighted by Crippen LogP contribution is 2.63. The van der Waals surface area contributed by atoms with Gasteiger partial charge in [-0.1, -0.05) is 0 Å². The van der Waals surface area contributed by atoms with Gasteiger partial charge in [0.05, 0.1) is 24.0 Å². The minimum Gasteiger partial charge on any atom is -0.198 e. The number of nitrogens with zero attached hydrogens (tertiary/aromatic N) is 2. The summed E-state index contributed by atoms with van der Waals surface area (Å²) >= 11 is 0. The van der Waals surface area contributed by atoms with E-state index in [-0.39, 0.29) is 5.41 Å². The molecule has 0 aliphatic heterocycles. The smallest absolute Gasteiger partial charge is 0.0760 e. The summed E-state index contributed by atoms with van der Waals surface area (Å²) in [6, 6.07) is 4.80. The molecule has 2 heteroatoms. The molecule has 0 aromatic carbocycles. The van der Waals surface area contributed by atoms with Crippen LogP contribution in [0.4, 0.5) is 0 Å². The minimum atomic E-state index is -0.262. The van der Waals surface area contributed by atoms with E-state index in [1.165, 1.54) is 32.1 Å². The molecule has 4 rings (SSSR count). The first-order valence-electron chi connectivity index (χ1n) is 6.06. The van der Waals surface area contributed by atoms with Crippen LogP contribution in [0.2, 0.25) is 0 Å². The van der Waals surface area contributed by atoms with Crippen molar-refractivity contribution in [2.75, 3.05) is 0 Å². The van der Waals surface area contributed by atoms with E-state index >= 15 is 0 Å². The fourth-order valence-corrected chi connectivity index (χ4v) is 4.67. The molecule has 4 aliphatic carbocycles. The van der Waals surface area contributed by atoms with E-state index in [0.717, 1.165) is 11.8 Å². The monoisotopic (exact) mass is 200 g/mol. The molecule has 4 saturated carbocycles. The molecule has 0 atom stereocenters. The van der Waals surface area contributed by atoms with Gasteiger partial charge in [-0.05, 0) is 55.8 Å². The molecule has 0 saturated heterocycles. The minimum absolute atomic E-state index is 0.262. The van der Waals surface area contributed by atoms with Crippen LogP contribution in [0.25, 0.3) is 0 Å². The molecule has 2 nitrogen and oxygen atoms in total. The maximum absolute atomic E-state index is 9.48. The lowest BCUT2D eigenvalue weighted by molar-refractivity contribution is -0.0738. The Balaban J connectivity index is 1.97. The zero-order valence-electron chi connectivity index (χ0n) is 8.95. The Morgan fingerprint density at radius 2 is 1.47 bits per heavy atom. The van der Waals surface area contributed by atoms with Gasteiger partial charge in [0, 0.05) is 0 Å². The topological polar surface area (TPSA) is 47.6 Å². The summed E-state index contributed by atoms with van der Waals surface area (Å²) in [6.45, 7) is 0. The second kappa shape index (κ2) is 2.99. The maximum atomic E-state index is 9.48. The second-order valence-corrected chi connectivity index (χ2v) is 5.79. The van der Waals surface area contributed by atoms with Crippen molar-refractivity contribution in [1.29, 1.82) is 10.5 Å². The Hall–Kier alpha value is -1.02. The van der Waals surface area contributed by atoms with Gasteiger partial charge in [0.1, 0.15) is 0 Å². The Kier molecular flexibility index (Phi) is 1.84. The summed E-state index contributed by atoms with van der Waals surface area (Å²) in [6.07, 6.45) is 6.77. The summed E-state index contributed by atoms with van der Waals surface area (Å²) in [5, 5.41) is 18.4. The van der Waals surface area contributed by atoms with Crippen LogP contribution in [0.5, 0.6) is 0 Å². The highest BCUT2D eigenvalue weighted by Gasteiger charge is 2.57. The third-order valence-corrected chi connectivity index (χ3v) is 5.17. The van der Waals surface area contributed by atoms with E-state index in [1.807, 2.05) is 0 Å². The lowest BCUT2D eigenvalue weighted by Crippen LogP contribution is -2.52. The standard InChI is InChI=1S/C13H16N2/c14-2-1-13(8-15)11-4-9-3-10(6-11)7-12(13)5-9/h9-12H,1,3-7H2. The third-order valence-electron chi connectivity index (χ3n) is 5.17. The summed E-state index contributed by atoms with van der Waals surface area (Å²) in [7, 11) is 0. The Morgan fingerprint density at radius 3 is 1.87 bits per heavy atom. The summed E-state index contributed by atoms with van der Waals surface area (Å²) < 4.78 is 0. The average molecular weight is 200 g/mol. The highest BCUT2D eigenvalue weighted by atomic mass is 14.6. The lowest BCUT2D eigenvalue weighted by atomic mass is 9.45. The van der Waals surface area contributed by atoms with Crippen LogP contribution in [-0.2, 0) is 0 Å². The molecular formula is C13H16N2. The molecule has 0 unspecified atom stereocenters. The van der Waals surface area contributed by atoms with Gasteiger partial charge in [0.2, 0.25) is 0 Å². The van der Waals surface area contributed by atoms with E-state index < -0.39 is 0 Å². The summed E-state index contributed by atoms with van der Waals surface area (Å²) in [5.41, 5.74) is -0.262. The van der Waals surface area contributed by atoms with Crippen LogP contribution < -0.4 is 0 Å². The van der Waals surface area contributed by atoms with Crippen molar-refractivity contribution in [3.05, 3.63) is 0 Å². The van der Waals surface area contributed by atoms with Gasteiger partial charge in [0.25, 0.3) is 0 Å². The van der Waals surface area contributed by atoms with E-state index in [4.69, 9.17) is 5.26 Å². The van der Waals surface area contributed by atoms with Crippen molar-refractivity contribution in [1.82, 2.24) is 0 Å². The van der Waals surface area contributed by atoms with E-state index in [1.54, 1.807) is 0 Å². The molecule has 15 heavy (non-hydrogen) atoms.